The van der Waals surface area contributed by atoms with Gasteiger partial charge in [-0.15, -0.1) is 0 Å². The summed E-state index contributed by atoms with van der Waals surface area (Å²) in [6, 6.07) is 3.72. The summed E-state index contributed by atoms with van der Waals surface area (Å²) in [5.74, 6) is -1.61. The molecule has 6 heteroatoms. The van der Waals surface area contributed by atoms with E-state index >= 15 is 0 Å². The lowest BCUT2D eigenvalue weighted by Crippen LogP contribution is -2.08. The minimum absolute atomic E-state index is 0.0196. The summed E-state index contributed by atoms with van der Waals surface area (Å²) < 4.78 is 17.8. The van der Waals surface area contributed by atoms with Crippen molar-refractivity contribution in [2.45, 2.75) is 18.9 Å². The van der Waals surface area contributed by atoms with Crippen LogP contribution < -0.4 is 0 Å². The van der Waals surface area contributed by atoms with E-state index in [0.29, 0.717) is 18.4 Å². The third kappa shape index (κ3) is 4.54. The first-order valence-corrected chi connectivity index (χ1v) is 6.10. The molecule has 0 heterocycles. The lowest BCUT2D eigenvalue weighted by molar-refractivity contribution is -0.140. The zero-order chi connectivity index (χ0) is 13.5. The van der Waals surface area contributed by atoms with Crippen molar-refractivity contribution in [3.8, 4) is 5.75 Å². The highest BCUT2D eigenvalue weighted by Gasteiger charge is 2.10. The number of carbonyl (C=O) groups excluding carboxylic acids is 1. The Morgan fingerprint density at radius 2 is 2.22 bits per heavy atom. The third-order valence-electron chi connectivity index (χ3n) is 2.37. The largest absolute Gasteiger partial charge is 0.505 e. The second-order valence-corrected chi connectivity index (χ2v) is 4.06. The molecule has 0 unspecified atom stereocenters. The van der Waals surface area contributed by atoms with Gasteiger partial charge in [-0.3, -0.25) is 4.79 Å². The summed E-state index contributed by atoms with van der Waals surface area (Å²) >= 11 is 3.75. The van der Waals surface area contributed by atoms with Crippen molar-refractivity contribution in [2.75, 3.05) is 12.4 Å². The van der Waals surface area contributed by atoms with Crippen molar-refractivity contribution < 1.29 is 24.1 Å². The van der Waals surface area contributed by atoms with E-state index in [-0.39, 0.29) is 12.4 Å². The molecular weight excluding hydrogens is 259 g/mol. The van der Waals surface area contributed by atoms with Crippen LogP contribution in [0.1, 0.15) is 24.5 Å². The van der Waals surface area contributed by atoms with Crippen LogP contribution >= 0.6 is 12.6 Å². The molecule has 0 fully saturated rings. The molecule has 0 saturated heterocycles. The van der Waals surface area contributed by atoms with Crippen LogP contribution in [-0.4, -0.2) is 28.5 Å². The zero-order valence-electron chi connectivity index (χ0n) is 9.67. The standard InChI is InChI=1S/C12H15FO4S/c13-9-6-8(3-4-11(9)15)10(14)2-1-5-17-12(16)7-18/h3-4,6,10,14-15,18H,1-2,5,7H2/t10-/m0/s1. The van der Waals surface area contributed by atoms with Crippen LogP contribution in [0.5, 0.6) is 5.75 Å². The highest BCUT2D eigenvalue weighted by Crippen LogP contribution is 2.23. The second kappa shape index (κ2) is 7.23. The lowest BCUT2D eigenvalue weighted by atomic mass is 10.0. The highest BCUT2D eigenvalue weighted by molar-refractivity contribution is 7.81. The molecule has 1 aromatic rings. The van der Waals surface area contributed by atoms with Gasteiger partial charge in [-0.1, -0.05) is 6.07 Å². The van der Waals surface area contributed by atoms with Crippen molar-refractivity contribution in [2.24, 2.45) is 0 Å². The smallest absolute Gasteiger partial charge is 0.315 e. The number of hydrogen-bond donors (Lipinski definition) is 3. The Kier molecular flexibility index (Phi) is 5.94. The Morgan fingerprint density at radius 3 is 2.83 bits per heavy atom. The number of phenolic OH excluding ortho intramolecular Hbond substituents is 1. The van der Waals surface area contributed by atoms with Gasteiger partial charge in [0.2, 0.25) is 0 Å². The van der Waals surface area contributed by atoms with Crippen molar-refractivity contribution in [3.63, 3.8) is 0 Å². The zero-order valence-corrected chi connectivity index (χ0v) is 10.6. The number of hydrogen-bond acceptors (Lipinski definition) is 5. The number of halogens is 1. The van der Waals surface area contributed by atoms with Gasteiger partial charge in [-0.05, 0) is 30.5 Å². The topological polar surface area (TPSA) is 66.8 Å². The van der Waals surface area contributed by atoms with Gasteiger partial charge in [0.25, 0.3) is 0 Å². The predicted octanol–water partition coefficient (Wildman–Crippen LogP) is 1.82. The molecule has 2 N–H and O–H groups in total. The van der Waals surface area contributed by atoms with E-state index in [4.69, 9.17) is 9.84 Å². The van der Waals surface area contributed by atoms with Gasteiger partial charge >= 0.3 is 5.97 Å². The fraction of sp³-hybridized carbons (Fsp3) is 0.417. The van der Waals surface area contributed by atoms with Gasteiger partial charge in [0, 0.05) is 0 Å². The Hall–Kier alpha value is -1.27. The molecule has 1 rings (SSSR count). The number of ether oxygens (including phenoxy) is 1. The van der Waals surface area contributed by atoms with Crippen molar-refractivity contribution in [3.05, 3.63) is 29.6 Å². The molecule has 0 aliphatic rings. The molecule has 0 saturated carbocycles. The third-order valence-corrected chi connectivity index (χ3v) is 2.63. The highest BCUT2D eigenvalue weighted by atomic mass is 32.1. The fourth-order valence-electron chi connectivity index (χ4n) is 1.41. The minimum atomic E-state index is -0.852. The lowest BCUT2D eigenvalue weighted by Gasteiger charge is -2.11. The van der Waals surface area contributed by atoms with Gasteiger partial charge in [0.1, 0.15) is 0 Å². The molecule has 0 radical (unpaired) electrons. The number of phenols is 1. The summed E-state index contributed by atoms with van der Waals surface area (Å²) in [7, 11) is 0. The maximum Gasteiger partial charge on any atom is 0.315 e. The van der Waals surface area contributed by atoms with E-state index < -0.39 is 23.6 Å². The summed E-state index contributed by atoms with van der Waals surface area (Å²) in [6.07, 6.45) is -0.0532. The van der Waals surface area contributed by atoms with Gasteiger partial charge < -0.3 is 14.9 Å². The normalized spacial score (nSPS) is 12.2. The predicted molar refractivity (Wildman–Crippen MR) is 67.1 cm³/mol. The molecule has 18 heavy (non-hydrogen) atoms. The average Bonchev–Trinajstić information content (AvgIpc) is 2.37. The molecule has 0 aromatic heterocycles. The summed E-state index contributed by atoms with van der Waals surface area (Å²) in [5.41, 5.74) is 0.380. The van der Waals surface area contributed by atoms with Crippen molar-refractivity contribution >= 4 is 18.6 Å². The SMILES string of the molecule is O=C(CS)OCCC[C@H](O)c1ccc(O)c(F)c1. The van der Waals surface area contributed by atoms with E-state index in [1.54, 1.807) is 0 Å². The summed E-state index contributed by atoms with van der Waals surface area (Å²) in [4.78, 5) is 10.8. The quantitative estimate of drug-likeness (QED) is 0.420. The summed E-state index contributed by atoms with van der Waals surface area (Å²) in [5, 5.41) is 18.8. The minimum Gasteiger partial charge on any atom is -0.505 e. The number of benzene rings is 1. The van der Waals surface area contributed by atoms with Crippen LogP contribution in [0.2, 0.25) is 0 Å². The molecule has 4 nitrogen and oxygen atoms in total. The molecule has 0 bridgehead atoms. The molecule has 100 valence electrons. The monoisotopic (exact) mass is 274 g/mol. The van der Waals surface area contributed by atoms with Crippen molar-refractivity contribution in [1.82, 2.24) is 0 Å². The maximum absolute atomic E-state index is 13.0. The van der Waals surface area contributed by atoms with Crippen LogP contribution in [0.25, 0.3) is 0 Å². The van der Waals surface area contributed by atoms with Gasteiger partial charge in [0.15, 0.2) is 11.6 Å². The van der Waals surface area contributed by atoms with Crippen LogP contribution in [0.3, 0.4) is 0 Å². The number of aliphatic hydroxyl groups excluding tert-OH is 1. The van der Waals surface area contributed by atoms with E-state index in [2.05, 4.69) is 12.6 Å². The Morgan fingerprint density at radius 1 is 1.50 bits per heavy atom. The first kappa shape index (κ1) is 14.8. The van der Waals surface area contributed by atoms with Gasteiger partial charge in [-0.25, -0.2) is 4.39 Å². The molecule has 0 aliphatic carbocycles. The number of esters is 1. The number of aromatic hydroxyl groups is 1. The van der Waals surface area contributed by atoms with Gasteiger partial charge in [-0.2, -0.15) is 12.6 Å². The molecule has 0 spiro atoms. The fourth-order valence-corrected chi connectivity index (χ4v) is 1.50. The van der Waals surface area contributed by atoms with E-state index in [9.17, 15) is 14.3 Å². The van der Waals surface area contributed by atoms with E-state index in [0.717, 1.165) is 6.07 Å². The van der Waals surface area contributed by atoms with Crippen LogP contribution in [0.4, 0.5) is 4.39 Å². The Bertz CT molecular complexity index is 411. The molecule has 1 aromatic carbocycles. The van der Waals surface area contributed by atoms with Gasteiger partial charge in [0.05, 0.1) is 18.5 Å². The first-order chi connectivity index (χ1) is 8.54. The average molecular weight is 274 g/mol. The van der Waals surface area contributed by atoms with Crippen molar-refractivity contribution in [1.29, 1.82) is 0 Å². The Labute approximate surface area is 110 Å². The van der Waals surface area contributed by atoms with E-state index in [1.165, 1.54) is 12.1 Å². The molecule has 1 atom stereocenters. The number of aliphatic hydroxyl groups is 1. The number of thiol groups is 1. The molecular formula is C12H15FO4S. The van der Waals surface area contributed by atoms with Crippen LogP contribution in [0.15, 0.2) is 18.2 Å². The van der Waals surface area contributed by atoms with E-state index in [1.807, 2.05) is 0 Å². The maximum atomic E-state index is 13.0. The summed E-state index contributed by atoms with van der Waals surface area (Å²) in [6.45, 7) is 0.191. The van der Waals surface area contributed by atoms with Crippen LogP contribution in [-0.2, 0) is 9.53 Å². The second-order valence-electron chi connectivity index (χ2n) is 3.75. The number of carbonyl (C=O) groups is 1. The Balaban J connectivity index is 2.38. The number of rotatable bonds is 6. The molecule has 0 amide bonds. The first-order valence-electron chi connectivity index (χ1n) is 5.47. The van der Waals surface area contributed by atoms with Crippen LogP contribution in [0, 0.1) is 5.82 Å². The molecule has 0 aliphatic heterocycles.